The number of carbonyl (C=O) groups is 1. The monoisotopic (exact) mass is 438 g/mol. The highest BCUT2D eigenvalue weighted by Gasteiger charge is 2.27. The molecule has 1 aliphatic heterocycles. The predicted molar refractivity (Wildman–Crippen MR) is 110 cm³/mol. The maximum Gasteiger partial charge on any atom is 0.305 e. The molecule has 0 amide bonds. The topological polar surface area (TPSA) is 69.4 Å². The molecule has 0 N–H and O–H groups in total. The zero-order valence-electron chi connectivity index (χ0n) is 15.6. The fourth-order valence-corrected chi connectivity index (χ4v) is 3.75. The molecule has 4 rings (SSSR count). The molecule has 1 atom stereocenters. The average Bonchev–Trinajstić information content (AvgIpc) is 3.04. The molecule has 0 saturated heterocycles. The Hall–Kier alpha value is -2.80. The van der Waals surface area contributed by atoms with Gasteiger partial charge in [0.05, 0.1) is 29.9 Å². The van der Waals surface area contributed by atoms with Crippen molar-refractivity contribution in [1.82, 2.24) is 14.5 Å². The standard InChI is InChI=1S/C21H19BrN4O2/c1-13-12-26-18-8-6-14(22)11-15(18)20(16-5-3-4-10-23-16)25-17(21(26)24-13)7-9-19(27)28-2/h3-6,8,10-12,17H,7,9H2,1-2H3/t17-/m0/s1. The van der Waals surface area contributed by atoms with Gasteiger partial charge in [0, 0.05) is 28.9 Å². The third-order valence-corrected chi connectivity index (χ3v) is 5.16. The normalized spacial score (nSPS) is 15.2. The number of ether oxygens (including phenoxy) is 1. The van der Waals surface area contributed by atoms with Crippen LogP contribution in [0, 0.1) is 6.92 Å². The van der Waals surface area contributed by atoms with E-state index in [1.807, 2.05) is 49.5 Å². The Morgan fingerprint density at radius 1 is 1.29 bits per heavy atom. The molecule has 28 heavy (non-hydrogen) atoms. The van der Waals surface area contributed by atoms with E-state index in [1.54, 1.807) is 6.20 Å². The zero-order valence-corrected chi connectivity index (χ0v) is 17.2. The summed E-state index contributed by atoms with van der Waals surface area (Å²) in [6.07, 6.45) is 4.54. The summed E-state index contributed by atoms with van der Waals surface area (Å²) in [7, 11) is 1.40. The van der Waals surface area contributed by atoms with Crippen LogP contribution in [0.15, 0.2) is 58.3 Å². The van der Waals surface area contributed by atoms with Crippen LogP contribution in [0.3, 0.4) is 0 Å². The molecule has 0 bridgehead atoms. The van der Waals surface area contributed by atoms with Crippen LogP contribution >= 0.6 is 15.9 Å². The molecule has 3 heterocycles. The highest BCUT2D eigenvalue weighted by Crippen LogP contribution is 2.34. The molecule has 1 aliphatic rings. The van der Waals surface area contributed by atoms with Gasteiger partial charge in [-0.25, -0.2) is 4.98 Å². The van der Waals surface area contributed by atoms with Crippen molar-refractivity contribution in [3.63, 3.8) is 0 Å². The second-order valence-corrected chi connectivity index (χ2v) is 7.51. The number of halogens is 1. The Kier molecular flexibility index (Phi) is 5.09. The average molecular weight is 439 g/mol. The molecule has 0 radical (unpaired) electrons. The number of hydrogen-bond donors (Lipinski definition) is 0. The van der Waals surface area contributed by atoms with E-state index in [-0.39, 0.29) is 18.4 Å². The van der Waals surface area contributed by atoms with E-state index in [1.165, 1.54) is 7.11 Å². The Morgan fingerprint density at radius 3 is 2.89 bits per heavy atom. The molecule has 0 spiro atoms. The van der Waals surface area contributed by atoms with Gasteiger partial charge in [0.1, 0.15) is 11.9 Å². The Labute approximate surface area is 171 Å². The van der Waals surface area contributed by atoms with Gasteiger partial charge in [-0.1, -0.05) is 22.0 Å². The lowest BCUT2D eigenvalue weighted by atomic mass is 10.0. The van der Waals surface area contributed by atoms with Crippen LogP contribution in [-0.4, -0.2) is 33.3 Å². The first-order valence-corrected chi connectivity index (χ1v) is 9.78. The van der Waals surface area contributed by atoms with E-state index in [4.69, 9.17) is 14.7 Å². The summed E-state index contributed by atoms with van der Waals surface area (Å²) in [5, 5.41) is 0. The number of carbonyl (C=O) groups excluding carboxylic acids is 1. The minimum atomic E-state index is -0.281. The van der Waals surface area contributed by atoms with Crippen LogP contribution in [0.1, 0.15) is 41.7 Å². The van der Waals surface area contributed by atoms with Crippen molar-refractivity contribution < 1.29 is 9.53 Å². The molecule has 0 unspecified atom stereocenters. The predicted octanol–water partition coefficient (Wildman–Crippen LogP) is 4.18. The first-order chi connectivity index (χ1) is 13.6. The van der Waals surface area contributed by atoms with Gasteiger partial charge in [0.25, 0.3) is 0 Å². The van der Waals surface area contributed by atoms with E-state index in [2.05, 4.69) is 25.5 Å². The molecule has 0 saturated carbocycles. The summed E-state index contributed by atoms with van der Waals surface area (Å²) in [6, 6.07) is 11.6. The number of rotatable bonds is 4. The fraction of sp³-hybridized carbons (Fsp3) is 0.238. The smallest absolute Gasteiger partial charge is 0.305 e. The van der Waals surface area contributed by atoms with Gasteiger partial charge in [0.15, 0.2) is 0 Å². The number of pyridine rings is 1. The minimum Gasteiger partial charge on any atom is -0.469 e. The number of nitrogens with zero attached hydrogens (tertiary/aromatic N) is 4. The summed E-state index contributed by atoms with van der Waals surface area (Å²) < 4.78 is 7.85. The van der Waals surface area contributed by atoms with Crippen molar-refractivity contribution in [2.75, 3.05) is 7.11 Å². The van der Waals surface area contributed by atoms with Gasteiger partial charge < -0.3 is 9.30 Å². The lowest BCUT2D eigenvalue weighted by Crippen LogP contribution is -2.09. The van der Waals surface area contributed by atoms with Crippen LogP contribution in [0.2, 0.25) is 0 Å². The molecule has 142 valence electrons. The molecule has 3 aromatic rings. The molecular weight excluding hydrogens is 420 g/mol. The minimum absolute atomic E-state index is 0.256. The first kappa shape index (κ1) is 18.6. The summed E-state index contributed by atoms with van der Waals surface area (Å²) in [6.45, 7) is 1.96. The third-order valence-electron chi connectivity index (χ3n) is 4.67. The summed E-state index contributed by atoms with van der Waals surface area (Å²) in [5.74, 6) is 0.560. The maximum atomic E-state index is 11.8. The molecular formula is C21H19BrN4O2. The van der Waals surface area contributed by atoms with Gasteiger partial charge in [0.2, 0.25) is 0 Å². The van der Waals surface area contributed by atoms with Gasteiger partial charge >= 0.3 is 5.97 Å². The third kappa shape index (κ3) is 3.49. The fourth-order valence-electron chi connectivity index (χ4n) is 3.39. The summed E-state index contributed by atoms with van der Waals surface area (Å²) >= 11 is 3.57. The van der Waals surface area contributed by atoms with Crippen LogP contribution in [0.5, 0.6) is 0 Å². The van der Waals surface area contributed by atoms with Crippen molar-refractivity contribution in [1.29, 1.82) is 0 Å². The second-order valence-electron chi connectivity index (χ2n) is 6.60. The van der Waals surface area contributed by atoms with Crippen molar-refractivity contribution in [2.24, 2.45) is 4.99 Å². The number of imidazole rings is 1. The Balaban J connectivity index is 1.92. The van der Waals surface area contributed by atoms with E-state index in [0.29, 0.717) is 6.42 Å². The van der Waals surface area contributed by atoms with E-state index < -0.39 is 0 Å². The van der Waals surface area contributed by atoms with Crippen LogP contribution in [0.4, 0.5) is 0 Å². The Bertz CT molecular complexity index is 1060. The number of esters is 1. The van der Waals surface area contributed by atoms with Crippen LogP contribution < -0.4 is 0 Å². The molecule has 2 aromatic heterocycles. The number of aryl methyl sites for hydroxylation is 1. The number of methoxy groups -OCH3 is 1. The first-order valence-electron chi connectivity index (χ1n) is 8.99. The molecule has 0 aliphatic carbocycles. The number of aromatic nitrogens is 3. The van der Waals surface area contributed by atoms with Gasteiger partial charge in [-0.05, 0) is 43.7 Å². The van der Waals surface area contributed by atoms with Crippen molar-refractivity contribution >= 4 is 27.6 Å². The SMILES string of the molecule is COC(=O)CC[C@@H]1N=C(c2ccccn2)c2cc(Br)ccc2-n2cc(C)nc21. The van der Waals surface area contributed by atoms with E-state index >= 15 is 0 Å². The molecule has 6 nitrogen and oxygen atoms in total. The van der Waals surface area contributed by atoms with Crippen molar-refractivity contribution in [3.05, 3.63) is 76.0 Å². The number of aliphatic imine (C=N–C) groups is 1. The quantitative estimate of drug-likeness (QED) is 0.572. The molecule has 7 heteroatoms. The van der Waals surface area contributed by atoms with E-state index in [0.717, 1.165) is 38.6 Å². The number of benzene rings is 1. The lowest BCUT2D eigenvalue weighted by Gasteiger charge is -2.12. The Morgan fingerprint density at radius 2 is 2.14 bits per heavy atom. The summed E-state index contributed by atoms with van der Waals surface area (Å²) in [5.41, 5.74) is 4.43. The van der Waals surface area contributed by atoms with Gasteiger partial charge in [-0.3, -0.25) is 14.8 Å². The van der Waals surface area contributed by atoms with Gasteiger partial charge in [-0.15, -0.1) is 0 Å². The zero-order chi connectivity index (χ0) is 19.7. The highest BCUT2D eigenvalue weighted by molar-refractivity contribution is 9.10. The van der Waals surface area contributed by atoms with Crippen LogP contribution in [0.25, 0.3) is 5.69 Å². The number of fused-ring (bicyclic) bond motifs is 3. The molecule has 0 fully saturated rings. The van der Waals surface area contributed by atoms with E-state index in [9.17, 15) is 4.79 Å². The highest BCUT2D eigenvalue weighted by atomic mass is 79.9. The summed E-state index contributed by atoms with van der Waals surface area (Å²) in [4.78, 5) is 26.0. The number of hydrogen-bond acceptors (Lipinski definition) is 5. The largest absolute Gasteiger partial charge is 0.469 e. The van der Waals surface area contributed by atoms with Crippen LogP contribution in [-0.2, 0) is 9.53 Å². The molecule has 1 aromatic carbocycles. The second kappa shape index (κ2) is 7.67. The lowest BCUT2D eigenvalue weighted by molar-refractivity contribution is -0.140. The van der Waals surface area contributed by atoms with Crippen molar-refractivity contribution in [3.8, 4) is 5.69 Å². The maximum absolute atomic E-state index is 11.8. The van der Waals surface area contributed by atoms with Gasteiger partial charge in [-0.2, -0.15) is 0 Å². The van der Waals surface area contributed by atoms with Crippen molar-refractivity contribution in [2.45, 2.75) is 25.8 Å².